The maximum absolute atomic E-state index is 11.2. The van der Waals surface area contributed by atoms with Crippen LogP contribution in [0.2, 0.25) is 0 Å². The van der Waals surface area contributed by atoms with Crippen LogP contribution in [0.25, 0.3) is 0 Å². The van der Waals surface area contributed by atoms with E-state index in [0.29, 0.717) is 16.6 Å². The van der Waals surface area contributed by atoms with Gasteiger partial charge in [0.15, 0.2) is 5.13 Å². The van der Waals surface area contributed by atoms with E-state index < -0.39 is 5.97 Å². The zero-order valence-corrected chi connectivity index (χ0v) is 12.5. The summed E-state index contributed by atoms with van der Waals surface area (Å²) in [6, 6.07) is 0.415. The average molecular weight is 270 g/mol. The summed E-state index contributed by atoms with van der Waals surface area (Å²) < 4.78 is 0. The van der Waals surface area contributed by atoms with E-state index in [1.54, 1.807) is 0 Å². The molecule has 0 atom stereocenters. The van der Waals surface area contributed by atoms with Gasteiger partial charge in [-0.2, -0.15) is 0 Å². The molecule has 0 unspecified atom stereocenters. The molecule has 1 aromatic heterocycles. The molecule has 0 amide bonds. The number of thiazole rings is 1. The third-order valence-electron chi connectivity index (χ3n) is 3.18. The van der Waals surface area contributed by atoms with E-state index in [-0.39, 0.29) is 5.92 Å². The van der Waals surface area contributed by atoms with Crippen LogP contribution in [0.5, 0.6) is 0 Å². The lowest BCUT2D eigenvalue weighted by molar-refractivity contribution is 0.0700. The fraction of sp³-hybridized carbons (Fsp3) is 0.692. The van der Waals surface area contributed by atoms with Gasteiger partial charge in [0, 0.05) is 13.1 Å². The van der Waals surface area contributed by atoms with Crippen molar-refractivity contribution in [2.45, 2.75) is 52.5 Å². The van der Waals surface area contributed by atoms with Crippen molar-refractivity contribution in [3.8, 4) is 0 Å². The van der Waals surface area contributed by atoms with Gasteiger partial charge in [0.2, 0.25) is 0 Å². The maximum Gasteiger partial charge on any atom is 0.347 e. The Morgan fingerprint density at radius 3 is 2.28 bits per heavy atom. The second-order valence-corrected chi connectivity index (χ2v) is 5.73. The molecule has 1 N–H and O–H groups in total. The van der Waals surface area contributed by atoms with Gasteiger partial charge in [0.25, 0.3) is 0 Å². The second-order valence-electron chi connectivity index (χ2n) is 4.75. The number of nitrogens with zero attached hydrogens (tertiary/aromatic N) is 2. The van der Waals surface area contributed by atoms with Crippen molar-refractivity contribution >= 4 is 22.4 Å². The Hall–Kier alpha value is -1.10. The SMILES string of the molecule is CCC(CC)N(C)c1nc(C(C)C)c(C(=O)O)s1. The van der Waals surface area contributed by atoms with Crippen LogP contribution in [0.3, 0.4) is 0 Å². The Labute approximate surface area is 113 Å². The molecule has 0 radical (unpaired) electrons. The lowest BCUT2D eigenvalue weighted by atomic mass is 10.1. The molecule has 0 fully saturated rings. The normalized spacial score (nSPS) is 11.3. The zero-order chi connectivity index (χ0) is 13.9. The quantitative estimate of drug-likeness (QED) is 0.858. The number of aromatic carboxylic acids is 1. The van der Waals surface area contributed by atoms with Crippen molar-refractivity contribution < 1.29 is 9.90 Å². The molecule has 1 heterocycles. The lowest BCUT2D eigenvalue weighted by Gasteiger charge is -2.25. The van der Waals surface area contributed by atoms with Crippen LogP contribution in [0.4, 0.5) is 5.13 Å². The molecule has 102 valence electrons. The minimum absolute atomic E-state index is 0.135. The van der Waals surface area contributed by atoms with Crippen molar-refractivity contribution in [2.75, 3.05) is 11.9 Å². The van der Waals surface area contributed by atoms with Crippen molar-refractivity contribution in [2.24, 2.45) is 0 Å². The highest BCUT2D eigenvalue weighted by atomic mass is 32.1. The van der Waals surface area contributed by atoms with Crippen molar-refractivity contribution in [3.63, 3.8) is 0 Å². The minimum atomic E-state index is -0.875. The Bertz CT molecular complexity index is 411. The van der Waals surface area contributed by atoms with Gasteiger partial charge in [0.1, 0.15) is 4.88 Å². The number of hydrogen-bond acceptors (Lipinski definition) is 4. The summed E-state index contributed by atoms with van der Waals surface area (Å²) in [5, 5.41) is 10.0. The molecule has 0 aliphatic heterocycles. The summed E-state index contributed by atoms with van der Waals surface area (Å²) >= 11 is 1.28. The molecule has 18 heavy (non-hydrogen) atoms. The van der Waals surface area contributed by atoms with Crippen LogP contribution in [0, 0.1) is 0 Å². The van der Waals surface area contributed by atoms with Gasteiger partial charge in [0.05, 0.1) is 5.69 Å². The fourth-order valence-electron chi connectivity index (χ4n) is 2.01. The van der Waals surface area contributed by atoms with Gasteiger partial charge in [-0.05, 0) is 18.8 Å². The van der Waals surface area contributed by atoms with E-state index in [1.165, 1.54) is 11.3 Å². The summed E-state index contributed by atoms with van der Waals surface area (Å²) in [5.41, 5.74) is 0.695. The number of carboxylic acid groups (broad SMARTS) is 1. The molecule has 1 aromatic rings. The molecule has 4 nitrogen and oxygen atoms in total. The van der Waals surface area contributed by atoms with Crippen molar-refractivity contribution in [3.05, 3.63) is 10.6 Å². The molecule has 0 aliphatic rings. The van der Waals surface area contributed by atoms with E-state index in [0.717, 1.165) is 18.0 Å². The highest BCUT2D eigenvalue weighted by Crippen LogP contribution is 2.31. The van der Waals surface area contributed by atoms with Crippen LogP contribution in [-0.2, 0) is 0 Å². The zero-order valence-electron chi connectivity index (χ0n) is 11.7. The molecule has 0 aliphatic carbocycles. The summed E-state index contributed by atoms with van der Waals surface area (Å²) in [4.78, 5) is 18.2. The summed E-state index contributed by atoms with van der Waals surface area (Å²) in [7, 11) is 1.99. The van der Waals surface area contributed by atoms with Gasteiger partial charge in [-0.15, -0.1) is 0 Å². The summed E-state index contributed by atoms with van der Waals surface area (Å²) in [6.45, 7) is 8.23. The fourth-order valence-corrected chi connectivity index (χ4v) is 3.10. The Morgan fingerprint density at radius 2 is 1.94 bits per heavy atom. The molecule has 0 bridgehead atoms. The smallest absolute Gasteiger partial charge is 0.347 e. The van der Waals surface area contributed by atoms with E-state index in [2.05, 4.69) is 23.7 Å². The largest absolute Gasteiger partial charge is 0.477 e. The molecule has 0 saturated heterocycles. The molecular formula is C13H22N2O2S. The molecular weight excluding hydrogens is 248 g/mol. The first-order valence-electron chi connectivity index (χ1n) is 6.39. The van der Waals surface area contributed by atoms with Crippen molar-refractivity contribution in [1.82, 2.24) is 4.98 Å². The third kappa shape index (κ3) is 3.02. The van der Waals surface area contributed by atoms with E-state index in [4.69, 9.17) is 0 Å². The van der Waals surface area contributed by atoms with Crippen LogP contribution < -0.4 is 4.90 Å². The number of anilines is 1. The predicted octanol–water partition coefficient (Wildman–Crippen LogP) is 3.59. The third-order valence-corrected chi connectivity index (χ3v) is 4.32. The molecule has 1 rings (SSSR count). The average Bonchev–Trinajstić information content (AvgIpc) is 2.75. The molecule has 0 saturated carbocycles. The molecule has 0 spiro atoms. The van der Waals surface area contributed by atoms with Crippen LogP contribution in [0.15, 0.2) is 0 Å². The highest BCUT2D eigenvalue weighted by Gasteiger charge is 2.23. The van der Waals surface area contributed by atoms with Crippen LogP contribution in [-0.4, -0.2) is 29.1 Å². The summed E-state index contributed by atoms with van der Waals surface area (Å²) in [6.07, 6.45) is 2.07. The Kier molecular flexibility index (Phi) is 5.14. The van der Waals surface area contributed by atoms with E-state index in [9.17, 15) is 9.90 Å². The second kappa shape index (κ2) is 6.18. The number of carbonyl (C=O) groups is 1. The van der Waals surface area contributed by atoms with Gasteiger partial charge < -0.3 is 10.0 Å². The highest BCUT2D eigenvalue weighted by molar-refractivity contribution is 7.17. The monoisotopic (exact) mass is 270 g/mol. The Balaban J connectivity index is 3.11. The minimum Gasteiger partial charge on any atom is -0.477 e. The van der Waals surface area contributed by atoms with E-state index in [1.807, 2.05) is 20.9 Å². The Morgan fingerprint density at radius 1 is 1.39 bits per heavy atom. The number of hydrogen-bond donors (Lipinski definition) is 1. The number of aromatic nitrogens is 1. The first kappa shape index (κ1) is 15.0. The first-order chi connectivity index (χ1) is 8.42. The molecule has 0 aromatic carbocycles. The lowest BCUT2D eigenvalue weighted by Crippen LogP contribution is -2.30. The van der Waals surface area contributed by atoms with Gasteiger partial charge >= 0.3 is 5.97 Å². The predicted molar refractivity (Wildman–Crippen MR) is 75.9 cm³/mol. The van der Waals surface area contributed by atoms with Gasteiger partial charge in [-0.1, -0.05) is 39.0 Å². The van der Waals surface area contributed by atoms with Gasteiger partial charge in [-0.25, -0.2) is 9.78 Å². The number of rotatable bonds is 6. The first-order valence-corrected chi connectivity index (χ1v) is 7.20. The van der Waals surface area contributed by atoms with Gasteiger partial charge in [-0.3, -0.25) is 0 Å². The van der Waals surface area contributed by atoms with Crippen molar-refractivity contribution in [1.29, 1.82) is 0 Å². The summed E-state index contributed by atoms with van der Waals surface area (Å²) in [5.74, 6) is -0.739. The molecule has 5 heteroatoms. The van der Waals surface area contributed by atoms with Crippen LogP contribution in [0.1, 0.15) is 61.8 Å². The van der Waals surface area contributed by atoms with E-state index >= 15 is 0 Å². The van der Waals surface area contributed by atoms with Crippen LogP contribution >= 0.6 is 11.3 Å². The maximum atomic E-state index is 11.2. The standard InChI is InChI=1S/C13H22N2O2S/c1-6-9(7-2)15(5)13-14-10(8(3)4)11(18-13)12(16)17/h8-9H,6-7H2,1-5H3,(H,16,17). The number of carboxylic acids is 1. The topological polar surface area (TPSA) is 53.4 Å².